The van der Waals surface area contributed by atoms with E-state index in [1.165, 1.54) is 6.08 Å². The van der Waals surface area contributed by atoms with Crippen molar-refractivity contribution in [3.63, 3.8) is 0 Å². The fourth-order valence-corrected chi connectivity index (χ4v) is 2.20. The van der Waals surface area contributed by atoms with Crippen LogP contribution in [0, 0.1) is 0 Å². The van der Waals surface area contributed by atoms with Gasteiger partial charge in [-0.05, 0) is 31.2 Å². The maximum atomic E-state index is 11.6. The summed E-state index contributed by atoms with van der Waals surface area (Å²) in [6, 6.07) is 9.64. The summed E-state index contributed by atoms with van der Waals surface area (Å²) >= 11 is 0. The van der Waals surface area contributed by atoms with Crippen molar-refractivity contribution >= 4 is 24.0 Å². The minimum absolute atomic E-state index is 0.124. The second kappa shape index (κ2) is 6.41. The molecule has 0 aliphatic carbocycles. The first-order chi connectivity index (χ1) is 11.6. The van der Waals surface area contributed by atoms with Gasteiger partial charge in [-0.2, -0.15) is 0 Å². The Kier molecular flexibility index (Phi) is 4.15. The summed E-state index contributed by atoms with van der Waals surface area (Å²) in [5.74, 6) is 0.113. The molecule has 2 heterocycles. The zero-order chi connectivity index (χ0) is 17.1. The van der Waals surface area contributed by atoms with Crippen LogP contribution in [0.1, 0.15) is 23.0 Å². The molecule has 0 atom stereocenters. The summed E-state index contributed by atoms with van der Waals surface area (Å²) in [6.45, 7) is 2.07. The average molecular weight is 326 g/mol. The lowest BCUT2D eigenvalue weighted by Gasteiger charge is -2.02. The normalized spacial score (nSPS) is 15.3. The number of imide groups is 1. The van der Waals surface area contributed by atoms with Crippen LogP contribution in [0.25, 0.3) is 17.4 Å². The van der Waals surface area contributed by atoms with Crippen molar-refractivity contribution in [3.05, 3.63) is 53.4 Å². The SMILES string of the molecule is CCOC(=O)c1ccc(-c2ccc(/C=C3/NC(=O)NC3=O)o2)cc1. The van der Waals surface area contributed by atoms with E-state index in [1.54, 1.807) is 43.3 Å². The van der Waals surface area contributed by atoms with E-state index < -0.39 is 11.9 Å². The molecule has 1 aromatic carbocycles. The van der Waals surface area contributed by atoms with Gasteiger partial charge in [0.2, 0.25) is 0 Å². The lowest BCUT2D eigenvalue weighted by atomic mass is 10.1. The summed E-state index contributed by atoms with van der Waals surface area (Å²) in [6.07, 6.45) is 1.44. The molecular weight excluding hydrogens is 312 g/mol. The summed E-state index contributed by atoms with van der Waals surface area (Å²) in [5, 5.41) is 4.49. The van der Waals surface area contributed by atoms with E-state index in [9.17, 15) is 14.4 Å². The van der Waals surface area contributed by atoms with Crippen LogP contribution >= 0.6 is 0 Å². The number of carbonyl (C=O) groups is 3. The molecule has 0 radical (unpaired) electrons. The summed E-state index contributed by atoms with van der Waals surface area (Å²) in [7, 11) is 0. The van der Waals surface area contributed by atoms with Crippen molar-refractivity contribution in [2.45, 2.75) is 6.92 Å². The molecule has 3 rings (SSSR count). The van der Waals surface area contributed by atoms with Gasteiger partial charge >= 0.3 is 12.0 Å². The third-order valence-electron chi connectivity index (χ3n) is 3.31. The summed E-state index contributed by atoms with van der Waals surface area (Å²) in [4.78, 5) is 34.2. The lowest BCUT2D eigenvalue weighted by molar-refractivity contribution is -0.115. The number of furan rings is 1. The third-order valence-corrected chi connectivity index (χ3v) is 3.31. The van der Waals surface area contributed by atoms with E-state index in [4.69, 9.17) is 9.15 Å². The van der Waals surface area contributed by atoms with E-state index in [0.717, 1.165) is 5.56 Å². The van der Waals surface area contributed by atoms with Gasteiger partial charge in [0.1, 0.15) is 17.2 Å². The van der Waals surface area contributed by atoms with E-state index in [1.807, 2.05) is 0 Å². The molecule has 7 heteroatoms. The summed E-state index contributed by atoms with van der Waals surface area (Å²) < 4.78 is 10.6. The Bertz CT molecular complexity index is 833. The largest absolute Gasteiger partial charge is 0.462 e. The number of rotatable bonds is 4. The zero-order valence-corrected chi connectivity index (χ0v) is 12.8. The van der Waals surface area contributed by atoms with Crippen LogP contribution in [-0.2, 0) is 9.53 Å². The van der Waals surface area contributed by atoms with Gasteiger partial charge in [0.05, 0.1) is 12.2 Å². The second-order valence-electron chi connectivity index (χ2n) is 4.97. The number of hydrogen-bond donors (Lipinski definition) is 2. The Hall–Kier alpha value is -3.35. The quantitative estimate of drug-likeness (QED) is 0.510. The highest BCUT2D eigenvalue weighted by Gasteiger charge is 2.23. The van der Waals surface area contributed by atoms with Gasteiger partial charge in [0, 0.05) is 11.6 Å². The number of esters is 1. The Morgan fingerprint density at radius 2 is 1.88 bits per heavy atom. The highest BCUT2D eigenvalue weighted by molar-refractivity contribution is 6.13. The molecule has 1 fully saturated rings. The molecule has 0 bridgehead atoms. The maximum Gasteiger partial charge on any atom is 0.338 e. The number of hydrogen-bond acceptors (Lipinski definition) is 5. The average Bonchev–Trinajstić information content (AvgIpc) is 3.15. The van der Waals surface area contributed by atoms with Gasteiger partial charge in [-0.3, -0.25) is 10.1 Å². The lowest BCUT2D eigenvalue weighted by Crippen LogP contribution is -2.22. The predicted octanol–water partition coefficient (Wildman–Crippen LogP) is 2.30. The number of ether oxygens (including phenoxy) is 1. The van der Waals surface area contributed by atoms with Crippen LogP contribution in [0.4, 0.5) is 4.79 Å². The van der Waals surface area contributed by atoms with Crippen LogP contribution in [0.2, 0.25) is 0 Å². The van der Waals surface area contributed by atoms with E-state index in [0.29, 0.717) is 23.7 Å². The van der Waals surface area contributed by atoms with Crippen LogP contribution in [0.5, 0.6) is 0 Å². The first kappa shape index (κ1) is 15.5. The molecule has 0 saturated carbocycles. The molecule has 0 unspecified atom stereocenters. The summed E-state index contributed by atoms with van der Waals surface area (Å²) in [5.41, 5.74) is 1.35. The van der Waals surface area contributed by atoms with Crippen molar-refractivity contribution in [2.24, 2.45) is 0 Å². The molecule has 0 spiro atoms. The molecule has 7 nitrogen and oxygen atoms in total. The molecule has 2 N–H and O–H groups in total. The van der Waals surface area contributed by atoms with E-state index in [-0.39, 0.29) is 11.7 Å². The fourth-order valence-electron chi connectivity index (χ4n) is 2.20. The monoisotopic (exact) mass is 326 g/mol. The fraction of sp³-hybridized carbons (Fsp3) is 0.118. The van der Waals surface area contributed by atoms with Gasteiger partial charge in [0.15, 0.2) is 0 Å². The number of nitrogens with one attached hydrogen (secondary N) is 2. The van der Waals surface area contributed by atoms with Gasteiger partial charge in [-0.25, -0.2) is 9.59 Å². The zero-order valence-electron chi connectivity index (χ0n) is 12.8. The van der Waals surface area contributed by atoms with Crippen LogP contribution < -0.4 is 10.6 Å². The Balaban J connectivity index is 1.78. The minimum Gasteiger partial charge on any atom is -0.462 e. The molecule has 2 aromatic rings. The Morgan fingerprint density at radius 1 is 1.12 bits per heavy atom. The van der Waals surface area contributed by atoms with Crippen molar-refractivity contribution in [2.75, 3.05) is 6.61 Å². The first-order valence-electron chi connectivity index (χ1n) is 7.28. The van der Waals surface area contributed by atoms with Crippen molar-refractivity contribution in [3.8, 4) is 11.3 Å². The Morgan fingerprint density at radius 3 is 2.50 bits per heavy atom. The topological polar surface area (TPSA) is 97.6 Å². The highest BCUT2D eigenvalue weighted by Crippen LogP contribution is 2.24. The first-order valence-corrected chi connectivity index (χ1v) is 7.28. The molecule has 24 heavy (non-hydrogen) atoms. The number of urea groups is 1. The smallest absolute Gasteiger partial charge is 0.338 e. The number of carbonyl (C=O) groups excluding carboxylic acids is 3. The maximum absolute atomic E-state index is 11.6. The molecule has 1 saturated heterocycles. The second-order valence-corrected chi connectivity index (χ2v) is 4.97. The predicted molar refractivity (Wildman–Crippen MR) is 84.8 cm³/mol. The van der Waals surface area contributed by atoms with Crippen molar-refractivity contribution in [1.82, 2.24) is 10.6 Å². The van der Waals surface area contributed by atoms with Gasteiger partial charge in [-0.15, -0.1) is 0 Å². The number of benzene rings is 1. The molecule has 122 valence electrons. The van der Waals surface area contributed by atoms with Crippen LogP contribution in [0.3, 0.4) is 0 Å². The molecule has 1 aliphatic rings. The minimum atomic E-state index is -0.562. The van der Waals surface area contributed by atoms with Crippen LogP contribution in [0.15, 0.2) is 46.5 Å². The molecule has 1 aromatic heterocycles. The highest BCUT2D eigenvalue weighted by atomic mass is 16.5. The Labute approximate surface area is 137 Å². The van der Waals surface area contributed by atoms with E-state index in [2.05, 4.69) is 10.6 Å². The third kappa shape index (κ3) is 3.19. The van der Waals surface area contributed by atoms with Gasteiger partial charge in [-0.1, -0.05) is 12.1 Å². The van der Waals surface area contributed by atoms with Crippen molar-refractivity contribution < 1.29 is 23.5 Å². The molecular formula is C17H14N2O5. The standard InChI is InChI=1S/C17H14N2O5/c1-2-23-16(21)11-5-3-10(4-6-11)14-8-7-12(24-14)9-13-15(20)19-17(22)18-13/h3-9H,2H2,1H3,(H2,18,19,20,22)/b13-9+. The van der Waals surface area contributed by atoms with E-state index >= 15 is 0 Å². The van der Waals surface area contributed by atoms with Crippen LogP contribution in [-0.4, -0.2) is 24.5 Å². The number of amides is 3. The van der Waals surface area contributed by atoms with Gasteiger partial charge in [0.25, 0.3) is 5.91 Å². The molecule has 3 amide bonds. The van der Waals surface area contributed by atoms with Crippen molar-refractivity contribution in [1.29, 1.82) is 0 Å². The van der Waals surface area contributed by atoms with Gasteiger partial charge < -0.3 is 14.5 Å². The molecule has 1 aliphatic heterocycles.